The van der Waals surface area contributed by atoms with E-state index >= 15 is 0 Å². The Kier molecular flexibility index (Phi) is 6.40. The molecule has 10 aromatic carbocycles. The van der Waals surface area contributed by atoms with Crippen LogP contribution in [0.4, 0.5) is 0 Å². The molecule has 0 atom stereocenters. The first-order valence-electron chi connectivity index (χ1n) is 18.7. The Hall–Kier alpha value is -6.50. The molecule has 0 aliphatic heterocycles. The summed E-state index contributed by atoms with van der Waals surface area (Å²) in [5.41, 5.74) is 13.0. The Balaban J connectivity index is 1.05. The van der Waals surface area contributed by atoms with E-state index in [-0.39, 0.29) is 5.41 Å². The summed E-state index contributed by atoms with van der Waals surface area (Å²) in [6.45, 7) is 4.72. The van der Waals surface area contributed by atoms with Gasteiger partial charge in [0, 0.05) is 5.41 Å². The monoisotopic (exact) mass is 672 g/mol. The lowest BCUT2D eigenvalue weighted by Crippen LogP contribution is -2.14. The second-order valence-corrected chi connectivity index (χ2v) is 15.3. The minimum atomic E-state index is -0.0332. The number of hydrogen-bond acceptors (Lipinski definition) is 0. The molecule has 0 unspecified atom stereocenters. The zero-order valence-electron chi connectivity index (χ0n) is 29.8. The fraction of sp³-hybridized carbons (Fsp3) is 0.0566. The van der Waals surface area contributed by atoms with E-state index in [4.69, 9.17) is 0 Å². The largest absolute Gasteiger partial charge is 0.0619 e. The number of fused-ring (bicyclic) bond motifs is 10. The van der Waals surface area contributed by atoms with Gasteiger partial charge < -0.3 is 0 Å². The van der Waals surface area contributed by atoms with Crippen LogP contribution in [0, 0.1) is 0 Å². The van der Waals surface area contributed by atoms with Crippen LogP contribution in [-0.4, -0.2) is 0 Å². The van der Waals surface area contributed by atoms with Crippen molar-refractivity contribution in [3.8, 4) is 44.5 Å². The Morgan fingerprint density at radius 2 is 0.755 bits per heavy atom. The van der Waals surface area contributed by atoms with Crippen LogP contribution < -0.4 is 0 Å². The Morgan fingerprint density at radius 1 is 0.264 bits per heavy atom. The lowest BCUT2D eigenvalue weighted by Gasteiger charge is -2.22. The molecule has 0 heterocycles. The minimum Gasteiger partial charge on any atom is -0.0619 e. The van der Waals surface area contributed by atoms with Crippen molar-refractivity contribution >= 4 is 53.9 Å². The molecule has 0 spiro atoms. The predicted octanol–water partition coefficient (Wildman–Crippen LogP) is 14.8. The first kappa shape index (κ1) is 30.2. The van der Waals surface area contributed by atoms with Gasteiger partial charge >= 0.3 is 0 Å². The van der Waals surface area contributed by atoms with E-state index in [1.807, 2.05) is 0 Å². The molecule has 0 amide bonds. The summed E-state index contributed by atoms with van der Waals surface area (Å²) in [6.07, 6.45) is 0. The third-order valence-electron chi connectivity index (χ3n) is 12.0. The van der Waals surface area contributed by atoms with Crippen LogP contribution in [0.2, 0.25) is 0 Å². The topological polar surface area (TPSA) is 0 Å². The lowest BCUT2D eigenvalue weighted by atomic mass is 9.81. The number of rotatable bonds is 3. The molecule has 0 heteroatoms. The number of benzene rings is 10. The van der Waals surface area contributed by atoms with E-state index in [1.54, 1.807) is 0 Å². The molecule has 1 aliphatic carbocycles. The third-order valence-corrected chi connectivity index (χ3v) is 12.0. The van der Waals surface area contributed by atoms with E-state index in [2.05, 4.69) is 196 Å². The van der Waals surface area contributed by atoms with Crippen molar-refractivity contribution in [3.05, 3.63) is 193 Å². The fourth-order valence-corrected chi connectivity index (χ4v) is 9.36. The quantitative estimate of drug-likeness (QED) is 0.164. The van der Waals surface area contributed by atoms with Gasteiger partial charge in [0.1, 0.15) is 0 Å². The molecule has 0 bridgehead atoms. The van der Waals surface area contributed by atoms with Crippen molar-refractivity contribution < 1.29 is 0 Å². The molecule has 0 aromatic heterocycles. The normalized spacial score (nSPS) is 13.2. The average Bonchev–Trinajstić information content (AvgIpc) is 3.44. The summed E-state index contributed by atoms with van der Waals surface area (Å²) in [7, 11) is 0. The van der Waals surface area contributed by atoms with Gasteiger partial charge in [-0.05, 0) is 134 Å². The van der Waals surface area contributed by atoms with E-state index in [0.717, 1.165) is 0 Å². The maximum absolute atomic E-state index is 2.44. The Labute approximate surface area is 309 Å². The third kappa shape index (κ3) is 4.49. The highest BCUT2D eigenvalue weighted by Gasteiger charge is 2.35. The van der Waals surface area contributed by atoms with Crippen LogP contribution in [0.3, 0.4) is 0 Å². The van der Waals surface area contributed by atoms with Crippen LogP contribution >= 0.6 is 0 Å². The number of hydrogen-bond donors (Lipinski definition) is 0. The van der Waals surface area contributed by atoms with E-state index in [0.29, 0.717) is 0 Å². The summed E-state index contributed by atoms with van der Waals surface area (Å²) >= 11 is 0. The van der Waals surface area contributed by atoms with E-state index in [9.17, 15) is 0 Å². The van der Waals surface area contributed by atoms with Crippen LogP contribution in [0.5, 0.6) is 0 Å². The summed E-state index contributed by atoms with van der Waals surface area (Å²) in [5.74, 6) is 0. The first-order chi connectivity index (χ1) is 26.0. The van der Waals surface area contributed by atoms with Gasteiger partial charge in [-0.3, -0.25) is 0 Å². The molecule has 0 nitrogen and oxygen atoms in total. The standard InChI is InChI=1S/C53H36/c1-53(2)51-18-10-9-17-47(51)48-26-24-37(31-52(48)53)41-28-27-40(42-13-5-6-14-43(41)42)35-21-19-33-20-22-36(30-38(33)29-35)49-32-50-39-12-4-3-11-34(39)23-25-46(50)44-15-7-8-16-45(44)49/h3-32H,1-2H3. The van der Waals surface area contributed by atoms with Crippen molar-refractivity contribution in [1.82, 2.24) is 0 Å². The van der Waals surface area contributed by atoms with Crippen LogP contribution in [0.25, 0.3) is 98.4 Å². The minimum absolute atomic E-state index is 0.0332. The second kappa shape index (κ2) is 11.2. The average molecular weight is 673 g/mol. The lowest BCUT2D eigenvalue weighted by molar-refractivity contribution is 0.660. The van der Waals surface area contributed by atoms with E-state index < -0.39 is 0 Å². The molecular weight excluding hydrogens is 637 g/mol. The van der Waals surface area contributed by atoms with Crippen molar-refractivity contribution in [2.24, 2.45) is 0 Å². The highest BCUT2D eigenvalue weighted by atomic mass is 14.4. The molecule has 11 rings (SSSR count). The molecule has 1 aliphatic rings. The second-order valence-electron chi connectivity index (χ2n) is 15.3. The highest BCUT2D eigenvalue weighted by molar-refractivity contribution is 6.21. The van der Waals surface area contributed by atoms with Gasteiger partial charge in [-0.1, -0.05) is 172 Å². The molecular formula is C53H36. The maximum Gasteiger partial charge on any atom is 0.0159 e. The van der Waals surface area contributed by atoms with Crippen molar-refractivity contribution in [3.63, 3.8) is 0 Å². The summed E-state index contributed by atoms with van der Waals surface area (Å²) in [4.78, 5) is 0. The Bertz CT molecular complexity index is 3140. The Morgan fingerprint density at radius 3 is 1.49 bits per heavy atom. The molecule has 53 heavy (non-hydrogen) atoms. The highest BCUT2D eigenvalue weighted by Crippen LogP contribution is 2.50. The van der Waals surface area contributed by atoms with Gasteiger partial charge in [-0.2, -0.15) is 0 Å². The zero-order valence-corrected chi connectivity index (χ0v) is 29.8. The molecule has 0 radical (unpaired) electrons. The predicted molar refractivity (Wildman–Crippen MR) is 228 cm³/mol. The van der Waals surface area contributed by atoms with Gasteiger partial charge in [0.25, 0.3) is 0 Å². The van der Waals surface area contributed by atoms with Gasteiger partial charge in [0.2, 0.25) is 0 Å². The van der Waals surface area contributed by atoms with Crippen molar-refractivity contribution in [2.75, 3.05) is 0 Å². The SMILES string of the molecule is CC1(C)c2ccccc2-c2ccc(-c3ccc(-c4ccc5ccc(-c6cc7c8ccccc8ccc7c7ccccc67)cc5c4)c4ccccc34)cc21. The van der Waals surface area contributed by atoms with Gasteiger partial charge in [0.15, 0.2) is 0 Å². The summed E-state index contributed by atoms with van der Waals surface area (Å²) < 4.78 is 0. The molecule has 10 aromatic rings. The zero-order chi connectivity index (χ0) is 35.3. The summed E-state index contributed by atoms with van der Waals surface area (Å²) in [5, 5.41) is 12.8. The van der Waals surface area contributed by atoms with E-state index in [1.165, 1.54) is 109 Å². The van der Waals surface area contributed by atoms with Gasteiger partial charge in [-0.15, -0.1) is 0 Å². The molecule has 0 saturated carbocycles. The van der Waals surface area contributed by atoms with Crippen molar-refractivity contribution in [2.45, 2.75) is 19.3 Å². The maximum atomic E-state index is 2.44. The van der Waals surface area contributed by atoms with Crippen LogP contribution in [-0.2, 0) is 5.41 Å². The van der Waals surface area contributed by atoms with Gasteiger partial charge in [-0.25, -0.2) is 0 Å². The molecule has 0 fully saturated rings. The molecule has 248 valence electrons. The summed E-state index contributed by atoms with van der Waals surface area (Å²) in [6, 6.07) is 68.0. The van der Waals surface area contributed by atoms with Gasteiger partial charge in [0.05, 0.1) is 0 Å². The smallest absolute Gasteiger partial charge is 0.0159 e. The molecule has 0 saturated heterocycles. The van der Waals surface area contributed by atoms with Crippen LogP contribution in [0.1, 0.15) is 25.0 Å². The van der Waals surface area contributed by atoms with Crippen LogP contribution in [0.15, 0.2) is 182 Å². The first-order valence-corrected chi connectivity index (χ1v) is 18.7. The fourth-order valence-electron chi connectivity index (χ4n) is 9.36. The molecule has 0 N–H and O–H groups in total. The van der Waals surface area contributed by atoms with Crippen molar-refractivity contribution in [1.29, 1.82) is 0 Å².